The molecule has 2 rings (SSSR count). The van der Waals surface area contributed by atoms with E-state index >= 15 is 0 Å². The molecule has 13 heavy (non-hydrogen) atoms. The zero-order valence-corrected chi connectivity index (χ0v) is 8.29. The molecule has 3 nitrogen and oxygen atoms in total. The minimum Gasteiger partial charge on any atom is -0.387 e. The van der Waals surface area contributed by atoms with Gasteiger partial charge in [-0.3, -0.25) is 4.90 Å². The van der Waals surface area contributed by atoms with Crippen molar-refractivity contribution in [3.63, 3.8) is 0 Å². The summed E-state index contributed by atoms with van der Waals surface area (Å²) < 4.78 is 0. The van der Waals surface area contributed by atoms with Crippen molar-refractivity contribution in [3.05, 3.63) is 0 Å². The predicted molar refractivity (Wildman–Crippen MR) is 49.4 cm³/mol. The van der Waals surface area contributed by atoms with Crippen LogP contribution < -0.4 is 0 Å². The average Bonchev–Trinajstić information content (AvgIpc) is 2.80. The van der Waals surface area contributed by atoms with E-state index < -0.39 is 11.1 Å². The van der Waals surface area contributed by atoms with Crippen molar-refractivity contribution >= 4 is 6.29 Å². The summed E-state index contributed by atoms with van der Waals surface area (Å²) in [6, 6.07) is 0. The van der Waals surface area contributed by atoms with Crippen LogP contribution in [0.4, 0.5) is 0 Å². The Bertz CT molecular complexity index is 227. The molecule has 1 N–H and O–H groups in total. The van der Waals surface area contributed by atoms with E-state index in [2.05, 4.69) is 0 Å². The third-order valence-electron chi connectivity index (χ3n) is 3.37. The zero-order valence-electron chi connectivity index (χ0n) is 8.29. The Labute approximate surface area is 78.7 Å². The van der Waals surface area contributed by atoms with Gasteiger partial charge in [-0.1, -0.05) is 0 Å². The average molecular weight is 183 g/mol. The van der Waals surface area contributed by atoms with Crippen LogP contribution in [0, 0.1) is 5.92 Å². The molecule has 1 saturated carbocycles. The molecule has 0 bridgehead atoms. The Hall–Kier alpha value is -0.410. The van der Waals surface area contributed by atoms with Crippen LogP contribution in [0.25, 0.3) is 0 Å². The fourth-order valence-electron chi connectivity index (χ4n) is 1.98. The third-order valence-corrected chi connectivity index (χ3v) is 3.37. The van der Waals surface area contributed by atoms with Crippen molar-refractivity contribution in [2.45, 2.75) is 37.8 Å². The van der Waals surface area contributed by atoms with Crippen molar-refractivity contribution in [2.24, 2.45) is 5.92 Å². The smallest absolute Gasteiger partial charge is 0.139 e. The Balaban J connectivity index is 1.93. The Morgan fingerprint density at radius 1 is 1.46 bits per heavy atom. The second-order valence-electron chi connectivity index (χ2n) is 5.01. The molecule has 0 amide bonds. The standard InChI is InChI=1S/C10H17NO2/c1-9(2,7-12)11-5-10(13,6-11)8-3-4-8/h7-8,13H,3-6H2,1-2H3. The number of nitrogens with zero attached hydrogens (tertiary/aromatic N) is 1. The van der Waals surface area contributed by atoms with Crippen molar-refractivity contribution in [3.8, 4) is 0 Å². The summed E-state index contributed by atoms with van der Waals surface area (Å²) in [5.41, 5.74) is -0.874. The summed E-state index contributed by atoms with van der Waals surface area (Å²) in [4.78, 5) is 12.8. The summed E-state index contributed by atoms with van der Waals surface area (Å²) in [6.45, 7) is 5.13. The second kappa shape index (κ2) is 2.55. The highest BCUT2D eigenvalue weighted by atomic mass is 16.3. The minimum atomic E-state index is -0.472. The number of hydrogen-bond donors (Lipinski definition) is 1. The molecule has 2 aliphatic rings. The number of aliphatic hydroxyl groups is 1. The molecule has 3 heteroatoms. The molecule has 2 fully saturated rings. The maximum Gasteiger partial charge on any atom is 0.139 e. The van der Waals surface area contributed by atoms with Crippen LogP contribution in [0.5, 0.6) is 0 Å². The van der Waals surface area contributed by atoms with Gasteiger partial charge in [0, 0.05) is 13.1 Å². The van der Waals surface area contributed by atoms with Crippen molar-refractivity contribution in [1.82, 2.24) is 4.90 Å². The number of β-amino-alcohol motifs (C(OH)–C–C–N with tert-alkyl or cyclic N) is 1. The van der Waals surface area contributed by atoms with Gasteiger partial charge in [0.25, 0.3) is 0 Å². The summed E-state index contributed by atoms with van der Waals surface area (Å²) >= 11 is 0. The van der Waals surface area contributed by atoms with Crippen LogP contribution in [-0.4, -0.2) is 40.5 Å². The fourth-order valence-corrected chi connectivity index (χ4v) is 1.98. The van der Waals surface area contributed by atoms with Gasteiger partial charge in [0.2, 0.25) is 0 Å². The zero-order chi connectivity index (χ0) is 9.69. The highest BCUT2D eigenvalue weighted by Crippen LogP contribution is 2.45. The van der Waals surface area contributed by atoms with E-state index in [9.17, 15) is 9.90 Å². The first-order valence-electron chi connectivity index (χ1n) is 4.92. The van der Waals surface area contributed by atoms with E-state index in [1.54, 1.807) is 0 Å². The number of carbonyl (C=O) groups is 1. The number of rotatable bonds is 3. The summed E-state index contributed by atoms with van der Waals surface area (Å²) in [6.07, 6.45) is 3.27. The Morgan fingerprint density at radius 2 is 2.00 bits per heavy atom. The van der Waals surface area contributed by atoms with Crippen molar-refractivity contribution in [1.29, 1.82) is 0 Å². The van der Waals surface area contributed by atoms with E-state index in [1.165, 1.54) is 0 Å². The molecule has 0 spiro atoms. The van der Waals surface area contributed by atoms with Gasteiger partial charge in [0.1, 0.15) is 6.29 Å². The number of carbonyl (C=O) groups excluding carboxylic acids is 1. The van der Waals surface area contributed by atoms with Gasteiger partial charge in [-0.05, 0) is 32.6 Å². The van der Waals surface area contributed by atoms with Crippen LogP contribution in [0.3, 0.4) is 0 Å². The molecular weight excluding hydrogens is 166 g/mol. The first kappa shape index (κ1) is 9.16. The summed E-state index contributed by atoms with van der Waals surface area (Å²) in [5, 5.41) is 10.0. The Kier molecular flexibility index (Phi) is 1.79. The van der Waals surface area contributed by atoms with E-state index in [4.69, 9.17) is 0 Å². The molecule has 1 aliphatic carbocycles. The topological polar surface area (TPSA) is 40.5 Å². The molecule has 0 aromatic rings. The lowest BCUT2D eigenvalue weighted by molar-refractivity contribution is -0.154. The van der Waals surface area contributed by atoms with Gasteiger partial charge >= 0.3 is 0 Å². The molecule has 0 aromatic carbocycles. The highest BCUT2D eigenvalue weighted by Gasteiger charge is 2.54. The van der Waals surface area contributed by atoms with Crippen LogP contribution >= 0.6 is 0 Å². The maximum atomic E-state index is 10.7. The van der Waals surface area contributed by atoms with Crippen LogP contribution in [0.15, 0.2) is 0 Å². The first-order chi connectivity index (χ1) is 5.98. The highest BCUT2D eigenvalue weighted by molar-refractivity contribution is 5.63. The van der Waals surface area contributed by atoms with Crippen LogP contribution in [0.1, 0.15) is 26.7 Å². The number of likely N-dealkylation sites (tertiary alicyclic amines) is 1. The molecule has 0 atom stereocenters. The van der Waals surface area contributed by atoms with Gasteiger partial charge in [-0.2, -0.15) is 0 Å². The van der Waals surface area contributed by atoms with Gasteiger partial charge in [0.15, 0.2) is 0 Å². The minimum absolute atomic E-state index is 0.402. The van der Waals surface area contributed by atoms with E-state index in [1.807, 2.05) is 18.7 Å². The molecule has 74 valence electrons. The molecule has 0 aromatic heterocycles. The first-order valence-corrected chi connectivity index (χ1v) is 4.92. The SMILES string of the molecule is CC(C)(C=O)N1CC(O)(C2CC2)C1. The predicted octanol–water partition coefficient (Wildman–Crippen LogP) is 0.421. The number of hydrogen-bond acceptors (Lipinski definition) is 3. The molecule has 0 radical (unpaired) electrons. The van der Waals surface area contributed by atoms with Gasteiger partial charge in [-0.25, -0.2) is 0 Å². The molecular formula is C10H17NO2. The summed E-state index contributed by atoms with van der Waals surface area (Å²) in [7, 11) is 0. The third kappa shape index (κ3) is 1.40. The monoisotopic (exact) mass is 183 g/mol. The molecule has 0 unspecified atom stereocenters. The number of aldehydes is 1. The lowest BCUT2D eigenvalue weighted by Gasteiger charge is -2.52. The lowest BCUT2D eigenvalue weighted by atomic mass is 9.84. The summed E-state index contributed by atoms with van der Waals surface area (Å²) in [5.74, 6) is 0.506. The quantitative estimate of drug-likeness (QED) is 0.645. The van der Waals surface area contributed by atoms with Crippen LogP contribution in [-0.2, 0) is 4.79 Å². The van der Waals surface area contributed by atoms with E-state index in [-0.39, 0.29) is 0 Å². The molecule has 1 saturated heterocycles. The molecule has 1 aliphatic heterocycles. The second-order valence-corrected chi connectivity index (χ2v) is 5.01. The Morgan fingerprint density at radius 3 is 2.38 bits per heavy atom. The van der Waals surface area contributed by atoms with Crippen molar-refractivity contribution < 1.29 is 9.90 Å². The van der Waals surface area contributed by atoms with E-state index in [0.29, 0.717) is 19.0 Å². The van der Waals surface area contributed by atoms with Gasteiger partial charge in [0.05, 0.1) is 11.1 Å². The fraction of sp³-hybridized carbons (Fsp3) is 0.900. The molecule has 1 heterocycles. The maximum absolute atomic E-state index is 10.7. The van der Waals surface area contributed by atoms with Crippen LogP contribution in [0.2, 0.25) is 0 Å². The van der Waals surface area contributed by atoms with E-state index in [0.717, 1.165) is 19.1 Å². The lowest BCUT2D eigenvalue weighted by Crippen LogP contribution is -2.69. The van der Waals surface area contributed by atoms with Gasteiger partial charge < -0.3 is 9.90 Å². The largest absolute Gasteiger partial charge is 0.387 e. The van der Waals surface area contributed by atoms with Crippen molar-refractivity contribution in [2.75, 3.05) is 13.1 Å². The van der Waals surface area contributed by atoms with Gasteiger partial charge in [-0.15, -0.1) is 0 Å². The normalized spacial score (nSPS) is 28.2.